The summed E-state index contributed by atoms with van der Waals surface area (Å²) in [4.78, 5) is 11.5. The van der Waals surface area contributed by atoms with E-state index < -0.39 is 17.6 Å². The summed E-state index contributed by atoms with van der Waals surface area (Å²) in [5.41, 5.74) is 5.91. The zero-order chi connectivity index (χ0) is 14.7. The quantitative estimate of drug-likeness (QED) is 0.692. The summed E-state index contributed by atoms with van der Waals surface area (Å²) in [6.45, 7) is 0. The van der Waals surface area contributed by atoms with Gasteiger partial charge in [-0.15, -0.1) is 0 Å². The average Bonchev–Trinajstić information content (AvgIpc) is 2.44. The number of hydrogen-bond donors (Lipinski definition) is 1. The fourth-order valence-electron chi connectivity index (χ4n) is 1.57. The van der Waals surface area contributed by atoms with Crippen LogP contribution in [0.4, 0.5) is 14.5 Å². The molecule has 0 spiro atoms. The molecule has 0 saturated heterocycles. The number of nitrogens with two attached hydrogens (primary N) is 1. The second-order valence-corrected chi connectivity index (χ2v) is 3.92. The van der Waals surface area contributed by atoms with Crippen LogP contribution in [0.15, 0.2) is 36.4 Å². The van der Waals surface area contributed by atoms with Crippen LogP contribution < -0.4 is 10.5 Å². The van der Waals surface area contributed by atoms with Crippen molar-refractivity contribution < 1.29 is 23.0 Å². The van der Waals surface area contributed by atoms with Crippen LogP contribution in [0.25, 0.3) is 0 Å². The number of carbonyl (C=O) groups is 1. The summed E-state index contributed by atoms with van der Waals surface area (Å²) >= 11 is 0. The minimum absolute atomic E-state index is 0.0850. The topological polar surface area (TPSA) is 61.5 Å². The number of halogens is 2. The van der Waals surface area contributed by atoms with E-state index in [1.165, 1.54) is 25.3 Å². The lowest BCUT2D eigenvalue weighted by Crippen LogP contribution is -2.05. The first kappa shape index (κ1) is 13.8. The molecule has 20 heavy (non-hydrogen) atoms. The lowest BCUT2D eigenvalue weighted by atomic mass is 10.1. The molecule has 104 valence electrons. The van der Waals surface area contributed by atoms with Crippen molar-refractivity contribution in [1.82, 2.24) is 0 Å². The molecule has 0 heterocycles. The fourth-order valence-corrected chi connectivity index (χ4v) is 1.57. The number of nitrogen functional groups attached to an aromatic ring is 1. The Kier molecular flexibility index (Phi) is 3.84. The van der Waals surface area contributed by atoms with E-state index in [2.05, 4.69) is 4.74 Å². The van der Waals surface area contributed by atoms with Gasteiger partial charge in [0.15, 0.2) is 11.6 Å². The Morgan fingerprint density at radius 2 is 1.90 bits per heavy atom. The summed E-state index contributed by atoms with van der Waals surface area (Å²) in [6.07, 6.45) is 0. The highest BCUT2D eigenvalue weighted by atomic mass is 19.1. The fraction of sp³-hybridized carbons (Fsp3) is 0.0714. The molecule has 0 saturated carbocycles. The van der Waals surface area contributed by atoms with E-state index in [-0.39, 0.29) is 22.7 Å². The van der Waals surface area contributed by atoms with Crippen LogP contribution in [0, 0.1) is 11.6 Å². The van der Waals surface area contributed by atoms with Gasteiger partial charge in [-0.05, 0) is 30.3 Å². The molecule has 2 N–H and O–H groups in total. The Bertz CT molecular complexity index is 659. The van der Waals surface area contributed by atoms with E-state index in [0.717, 1.165) is 18.2 Å². The molecule has 6 heteroatoms. The predicted molar refractivity (Wildman–Crippen MR) is 68.6 cm³/mol. The third-order valence-electron chi connectivity index (χ3n) is 2.55. The van der Waals surface area contributed by atoms with Gasteiger partial charge in [0.2, 0.25) is 0 Å². The van der Waals surface area contributed by atoms with Gasteiger partial charge in [0.1, 0.15) is 11.6 Å². The number of ether oxygens (including phenoxy) is 2. The van der Waals surface area contributed by atoms with E-state index in [9.17, 15) is 13.6 Å². The van der Waals surface area contributed by atoms with Crippen molar-refractivity contribution in [1.29, 1.82) is 0 Å². The summed E-state index contributed by atoms with van der Waals surface area (Å²) in [5, 5.41) is 0. The van der Waals surface area contributed by atoms with Crippen LogP contribution in [0.3, 0.4) is 0 Å². The van der Waals surface area contributed by atoms with Crippen LogP contribution in [0.2, 0.25) is 0 Å². The molecular formula is C14H11F2NO3. The molecule has 0 radical (unpaired) electrons. The molecule has 0 aliphatic carbocycles. The van der Waals surface area contributed by atoms with Gasteiger partial charge in [-0.3, -0.25) is 0 Å². The van der Waals surface area contributed by atoms with Crippen LogP contribution >= 0.6 is 0 Å². The van der Waals surface area contributed by atoms with E-state index in [4.69, 9.17) is 10.5 Å². The number of benzene rings is 2. The average molecular weight is 279 g/mol. The van der Waals surface area contributed by atoms with Crippen LogP contribution in [-0.4, -0.2) is 13.1 Å². The summed E-state index contributed by atoms with van der Waals surface area (Å²) in [6, 6.07) is 6.98. The van der Waals surface area contributed by atoms with Crippen molar-refractivity contribution in [3.8, 4) is 11.5 Å². The highest BCUT2D eigenvalue weighted by Gasteiger charge is 2.13. The van der Waals surface area contributed by atoms with Gasteiger partial charge >= 0.3 is 5.97 Å². The van der Waals surface area contributed by atoms with Gasteiger partial charge in [0, 0.05) is 11.8 Å². The Morgan fingerprint density at radius 3 is 2.60 bits per heavy atom. The lowest BCUT2D eigenvalue weighted by molar-refractivity contribution is 0.0601. The maximum atomic E-state index is 13.5. The first-order chi connectivity index (χ1) is 9.51. The Labute approximate surface area is 113 Å². The maximum absolute atomic E-state index is 13.5. The third kappa shape index (κ3) is 2.85. The maximum Gasteiger partial charge on any atom is 0.340 e. The lowest BCUT2D eigenvalue weighted by Gasteiger charge is -2.09. The number of rotatable bonds is 3. The molecule has 0 aliphatic rings. The third-order valence-corrected chi connectivity index (χ3v) is 2.55. The van der Waals surface area contributed by atoms with E-state index in [1.54, 1.807) is 0 Å². The number of methoxy groups -OCH3 is 1. The van der Waals surface area contributed by atoms with Crippen LogP contribution in [0.1, 0.15) is 10.4 Å². The first-order valence-electron chi connectivity index (χ1n) is 5.62. The number of esters is 1. The van der Waals surface area contributed by atoms with Crippen LogP contribution in [0.5, 0.6) is 11.5 Å². The summed E-state index contributed by atoms with van der Waals surface area (Å²) in [7, 11) is 1.21. The number of carbonyl (C=O) groups excluding carboxylic acids is 1. The normalized spacial score (nSPS) is 10.2. The minimum atomic E-state index is -0.720. The molecule has 2 rings (SSSR count). The van der Waals surface area contributed by atoms with Crippen molar-refractivity contribution in [3.05, 3.63) is 53.6 Å². The Hall–Kier alpha value is -2.63. The number of hydrogen-bond acceptors (Lipinski definition) is 4. The van der Waals surface area contributed by atoms with Gasteiger partial charge in [-0.1, -0.05) is 0 Å². The van der Waals surface area contributed by atoms with Gasteiger partial charge in [-0.25, -0.2) is 13.6 Å². The van der Waals surface area contributed by atoms with E-state index in [1.807, 2.05) is 0 Å². The molecule has 0 fully saturated rings. The SMILES string of the molecule is COC(=O)c1cc(Oc2cc(F)ccc2F)ccc1N. The molecule has 0 atom stereocenters. The molecule has 2 aromatic carbocycles. The monoisotopic (exact) mass is 279 g/mol. The van der Waals surface area contributed by atoms with Crippen molar-refractivity contribution in [2.75, 3.05) is 12.8 Å². The molecule has 0 aliphatic heterocycles. The van der Waals surface area contributed by atoms with Gasteiger partial charge < -0.3 is 15.2 Å². The zero-order valence-electron chi connectivity index (χ0n) is 10.5. The van der Waals surface area contributed by atoms with Crippen molar-refractivity contribution >= 4 is 11.7 Å². The molecule has 0 bridgehead atoms. The van der Waals surface area contributed by atoms with Gasteiger partial charge in [0.25, 0.3) is 0 Å². The van der Waals surface area contributed by atoms with Gasteiger partial charge in [-0.2, -0.15) is 0 Å². The molecule has 0 amide bonds. The number of anilines is 1. The standard InChI is InChI=1S/C14H11F2NO3/c1-19-14(18)10-7-9(3-5-12(10)17)20-13-6-8(15)2-4-11(13)16/h2-7H,17H2,1H3. The second-order valence-electron chi connectivity index (χ2n) is 3.92. The van der Waals surface area contributed by atoms with Crippen molar-refractivity contribution in [2.45, 2.75) is 0 Å². The van der Waals surface area contributed by atoms with E-state index >= 15 is 0 Å². The highest BCUT2D eigenvalue weighted by Crippen LogP contribution is 2.28. The van der Waals surface area contributed by atoms with Crippen molar-refractivity contribution in [3.63, 3.8) is 0 Å². The largest absolute Gasteiger partial charge is 0.465 e. The predicted octanol–water partition coefficient (Wildman–Crippen LogP) is 3.13. The van der Waals surface area contributed by atoms with Crippen LogP contribution in [-0.2, 0) is 4.74 Å². The first-order valence-corrected chi connectivity index (χ1v) is 5.62. The molecule has 4 nitrogen and oxygen atoms in total. The Morgan fingerprint density at radius 1 is 1.15 bits per heavy atom. The molecular weight excluding hydrogens is 268 g/mol. The minimum Gasteiger partial charge on any atom is -0.465 e. The van der Waals surface area contributed by atoms with Gasteiger partial charge in [0.05, 0.1) is 12.7 Å². The molecule has 2 aromatic rings. The van der Waals surface area contributed by atoms with E-state index in [0.29, 0.717) is 0 Å². The zero-order valence-corrected chi connectivity index (χ0v) is 10.5. The summed E-state index contributed by atoms with van der Waals surface area (Å²) < 4.78 is 36.2. The second kappa shape index (κ2) is 5.56. The summed E-state index contributed by atoms with van der Waals surface area (Å²) in [5.74, 6) is -2.14. The Balaban J connectivity index is 2.34. The van der Waals surface area contributed by atoms with Crippen molar-refractivity contribution in [2.24, 2.45) is 0 Å². The molecule has 0 aromatic heterocycles. The molecule has 0 unspecified atom stereocenters. The highest BCUT2D eigenvalue weighted by molar-refractivity contribution is 5.95. The smallest absolute Gasteiger partial charge is 0.340 e.